The topological polar surface area (TPSA) is 56.3 Å². The molecule has 5 nitrogen and oxygen atoms in total. The second-order valence-electron chi connectivity index (χ2n) is 4.46. The zero-order valence-electron chi connectivity index (χ0n) is 11.1. The van der Waals surface area contributed by atoms with Crippen molar-refractivity contribution < 1.29 is 9.47 Å². The molecule has 1 aliphatic rings. The summed E-state index contributed by atoms with van der Waals surface area (Å²) in [6.07, 6.45) is 3.93. The molecular formula is C13H21N3O2. The fourth-order valence-electron chi connectivity index (χ4n) is 1.91. The van der Waals surface area contributed by atoms with Gasteiger partial charge in [-0.3, -0.25) is 0 Å². The molecule has 1 fully saturated rings. The molecule has 18 heavy (non-hydrogen) atoms. The Morgan fingerprint density at radius 1 is 1.44 bits per heavy atom. The van der Waals surface area contributed by atoms with Gasteiger partial charge < -0.3 is 14.8 Å². The van der Waals surface area contributed by atoms with Crippen molar-refractivity contribution in [1.82, 2.24) is 15.3 Å². The van der Waals surface area contributed by atoms with Gasteiger partial charge in [0.05, 0.1) is 13.2 Å². The molecule has 0 radical (unpaired) electrons. The standard InChI is InChI=1S/C13H21N3O2/c1-3-14-8-11-9-15-10(2)16-13(11)18-12-4-6-17-7-5-12/h9,12,14H,3-8H2,1-2H3. The lowest BCUT2D eigenvalue weighted by molar-refractivity contribution is 0.0231. The summed E-state index contributed by atoms with van der Waals surface area (Å²) in [6, 6.07) is 0. The first-order valence-electron chi connectivity index (χ1n) is 6.57. The van der Waals surface area contributed by atoms with E-state index in [1.165, 1.54) is 0 Å². The van der Waals surface area contributed by atoms with Crippen LogP contribution in [0.2, 0.25) is 0 Å². The molecule has 0 atom stereocenters. The average Bonchev–Trinajstić information content (AvgIpc) is 2.39. The lowest BCUT2D eigenvalue weighted by Gasteiger charge is -2.23. The number of hydrogen-bond donors (Lipinski definition) is 1. The van der Waals surface area contributed by atoms with Crippen LogP contribution >= 0.6 is 0 Å². The summed E-state index contributed by atoms with van der Waals surface area (Å²) in [4.78, 5) is 8.64. The summed E-state index contributed by atoms with van der Waals surface area (Å²) in [6.45, 7) is 7.18. The minimum absolute atomic E-state index is 0.216. The van der Waals surface area contributed by atoms with Crippen LogP contribution in [0.5, 0.6) is 5.88 Å². The van der Waals surface area contributed by atoms with Crippen LogP contribution in [0.15, 0.2) is 6.20 Å². The maximum Gasteiger partial charge on any atom is 0.221 e. The van der Waals surface area contributed by atoms with Gasteiger partial charge in [0.15, 0.2) is 0 Å². The van der Waals surface area contributed by atoms with E-state index in [0.717, 1.165) is 56.4 Å². The normalized spacial score (nSPS) is 16.8. The van der Waals surface area contributed by atoms with Gasteiger partial charge in [0.1, 0.15) is 11.9 Å². The third-order valence-corrected chi connectivity index (χ3v) is 2.96. The van der Waals surface area contributed by atoms with Gasteiger partial charge in [0.25, 0.3) is 0 Å². The van der Waals surface area contributed by atoms with Gasteiger partial charge in [-0.1, -0.05) is 6.92 Å². The summed E-state index contributed by atoms with van der Waals surface area (Å²) < 4.78 is 11.3. The molecule has 2 heterocycles. The number of ether oxygens (including phenoxy) is 2. The second kappa shape index (κ2) is 6.66. The molecule has 1 aliphatic heterocycles. The molecule has 0 bridgehead atoms. The number of nitrogens with one attached hydrogen (secondary N) is 1. The first-order chi connectivity index (χ1) is 8.79. The average molecular weight is 251 g/mol. The summed E-state index contributed by atoms with van der Waals surface area (Å²) in [5, 5.41) is 3.28. The van der Waals surface area contributed by atoms with Gasteiger partial charge in [-0.05, 0) is 13.5 Å². The van der Waals surface area contributed by atoms with Crippen molar-refractivity contribution in [2.24, 2.45) is 0 Å². The number of rotatable bonds is 5. The molecule has 1 saturated heterocycles. The maximum absolute atomic E-state index is 5.99. The highest BCUT2D eigenvalue weighted by atomic mass is 16.5. The van der Waals surface area contributed by atoms with Crippen LogP contribution in [-0.4, -0.2) is 35.8 Å². The lowest BCUT2D eigenvalue weighted by atomic mass is 10.1. The summed E-state index contributed by atoms with van der Waals surface area (Å²) in [5.41, 5.74) is 1.02. The zero-order chi connectivity index (χ0) is 12.8. The molecular weight excluding hydrogens is 230 g/mol. The Morgan fingerprint density at radius 3 is 2.94 bits per heavy atom. The molecule has 0 aliphatic carbocycles. The van der Waals surface area contributed by atoms with E-state index in [1.54, 1.807) is 0 Å². The maximum atomic E-state index is 5.99. The van der Waals surface area contributed by atoms with E-state index in [-0.39, 0.29) is 6.10 Å². The van der Waals surface area contributed by atoms with Crippen LogP contribution < -0.4 is 10.1 Å². The molecule has 1 N–H and O–H groups in total. The highest BCUT2D eigenvalue weighted by Crippen LogP contribution is 2.20. The van der Waals surface area contributed by atoms with Gasteiger partial charge in [0.2, 0.25) is 5.88 Å². The third kappa shape index (κ3) is 3.65. The third-order valence-electron chi connectivity index (χ3n) is 2.96. The van der Waals surface area contributed by atoms with Gasteiger partial charge in [-0.2, -0.15) is 4.98 Å². The Hall–Kier alpha value is -1.20. The van der Waals surface area contributed by atoms with E-state index in [0.29, 0.717) is 0 Å². The molecule has 2 rings (SSSR count). The fraction of sp³-hybridized carbons (Fsp3) is 0.692. The smallest absolute Gasteiger partial charge is 0.221 e. The number of aromatic nitrogens is 2. The number of hydrogen-bond acceptors (Lipinski definition) is 5. The molecule has 0 unspecified atom stereocenters. The van der Waals surface area contributed by atoms with E-state index in [1.807, 2.05) is 13.1 Å². The Kier molecular flexibility index (Phi) is 4.90. The molecule has 1 aromatic rings. The Morgan fingerprint density at radius 2 is 2.22 bits per heavy atom. The Balaban J connectivity index is 2.05. The number of nitrogens with zero attached hydrogens (tertiary/aromatic N) is 2. The van der Waals surface area contributed by atoms with Crippen LogP contribution in [0.25, 0.3) is 0 Å². The van der Waals surface area contributed by atoms with E-state index >= 15 is 0 Å². The largest absolute Gasteiger partial charge is 0.474 e. The molecule has 1 aromatic heterocycles. The van der Waals surface area contributed by atoms with Crippen LogP contribution in [0, 0.1) is 6.92 Å². The van der Waals surface area contributed by atoms with E-state index in [9.17, 15) is 0 Å². The quantitative estimate of drug-likeness (QED) is 0.858. The summed E-state index contributed by atoms with van der Waals surface area (Å²) in [7, 11) is 0. The van der Waals surface area contributed by atoms with E-state index < -0.39 is 0 Å². The molecule has 0 aromatic carbocycles. The second-order valence-corrected chi connectivity index (χ2v) is 4.46. The summed E-state index contributed by atoms with van der Waals surface area (Å²) in [5.74, 6) is 1.47. The van der Waals surface area contributed by atoms with Crippen LogP contribution in [-0.2, 0) is 11.3 Å². The van der Waals surface area contributed by atoms with Crippen molar-refractivity contribution in [1.29, 1.82) is 0 Å². The minimum Gasteiger partial charge on any atom is -0.474 e. The first kappa shape index (κ1) is 13.2. The fourth-order valence-corrected chi connectivity index (χ4v) is 1.91. The highest BCUT2D eigenvalue weighted by Gasteiger charge is 2.18. The van der Waals surface area contributed by atoms with Crippen molar-refractivity contribution in [2.45, 2.75) is 39.3 Å². The van der Waals surface area contributed by atoms with Crippen molar-refractivity contribution in [3.05, 3.63) is 17.6 Å². The van der Waals surface area contributed by atoms with Crippen LogP contribution in [0.4, 0.5) is 0 Å². The Labute approximate surface area is 108 Å². The van der Waals surface area contributed by atoms with Gasteiger partial charge in [0, 0.05) is 31.1 Å². The van der Waals surface area contributed by atoms with E-state index in [2.05, 4.69) is 22.2 Å². The van der Waals surface area contributed by atoms with Crippen molar-refractivity contribution in [2.75, 3.05) is 19.8 Å². The van der Waals surface area contributed by atoms with Gasteiger partial charge >= 0.3 is 0 Å². The molecule has 100 valence electrons. The number of aryl methyl sites for hydroxylation is 1. The highest BCUT2D eigenvalue weighted by molar-refractivity contribution is 5.23. The molecule has 0 amide bonds. The summed E-state index contributed by atoms with van der Waals surface area (Å²) >= 11 is 0. The first-order valence-corrected chi connectivity index (χ1v) is 6.57. The van der Waals surface area contributed by atoms with Gasteiger partial charge in [-0.15, -0.1) is 0 Å². The predicted molar refractivity (Wildman–Crippen MR) is 68.6 cm³/mol. The van der Waals surface area contributed by atoms with Crippen molar-refractivity contribution in [3.8, 4) is 5.88 Å². The SMILES string of the molecule is CCNCc1cnc(C)nc1OC1CCOCC1. The molecule has 0 spiro atoms. The van der Waals surface area contributed by atoms with Crippen LogP contribution in [0.3, 0.4) is 0 Å². The van der Waals surface area contributed by atoms with Gasteiger partial charge in [-0.25, -0.2) is 4.98 Å². The molecule has 5 heteroatoms. The van der Waals surface area contributed by atoms with E-state index in [4.69, 9.17) is 9.47 Å². The zero-order valence-corrected chi connectivity index (χ0v) is 11.1. The minimum atomic E-state index is 0.216. The van der Waals surface area contributed by atoms with Crippen molar-refractivity contribution in [3.63, 3.8) is 0 Å². The molecule has 0 saturated carbocycles. The monoisotopic (exact) mass is 251 g/mol. The van der Waals surface area contributed by atoms with Crippen LogP contribution in [0.1, 0.15) is 31.2 Å². The Bertz CT molecular complexity index is 378. The predicted octanol–water partition coefficient (Wildman–Crippen LogP) is 1.45. The lowest BCUT2D eigenvalue weighted by Crippen LogP contribution is -2.27. The van der Waals surface area contributed by atoms with Crippen molar-refractivity contribution >= 4 is 0 Å².